The van der Waals surface area contributed by atoms with Crippen molar-refractivity contribution < 1.29 is 9.09 Å². The highest BCUT2D eigenvalue weighted by molar-refractivity contribution is 7.38. The molecule has 0 heterocycles. The van der Waals surface area contributed by atoms with Crippen LogP contribution in [0.5, 0.6) is 0 Å². The highest BCUT2D eigenvalue weighted by atomic mass is 31.1. The Morgan fingerprint density at radius 1 is 1.27 bits per heavy atom. The minimum Gasteiger partial charge on any atom is -0.330 e. The molecule has 0 aliphatic rings. The van der Waals surface area contributed by atoms with Gasteiger partial charge in [0.1, 0.15) is 6.61 Å². The van der Waals surface area contributed by atoms with Gasteiger partial charge < -0.3 is 5.73 Å². The van der Waals surface area contributed by atoms with E-state index in [1.165, 1.54) is 0 Å². The molecule has 0 fully saturated rings. The van der Waals surface area contributed by atoms with E-state index in [-0.39, 0.29) is 0 Å². The summed E-state index contributed by atoms with van der Waals surface area (Å²) in [6.45, 7) is 2.97. The summed E-state index contributed by atoms with van der Waals surface area (Å²) in [5.74, 6) is 0. The van der Waals surface area contributed by atoms with E-state index in [1.54, 1.807) is 6.66 Å². The molecule has 11 heavy (non-hydrogen) atoms. The molecule has 3 nitrogen and oxygen atoms in total. The van der Waals surface area contributed by atoms with Gasteiger partial charge in [-0.3, -0.25) is 0 Å². The average Bonchev–Trinajstić information content (AvgIpc) is 1.96. The lowest BCUT2D eigenvalue weighted by Gasteiger charge is -1.94. The number of hydrogen-bond donors (Lipinski definition) is 1. The van der Waals surface area contributed by atoms with E-state index in [9.17, 15) is 4.57 Å². The second-order valence-electron chi connectivity index (χ2n) is 2.48. The van der Waals surface area contributed by atoms with Crippen molar-refractivity contribution in [2.45, 2.75) is 25.7 Å². The van der Waals surface area contributed by atoms with Crippen molar-refractivity contribution in [1.29, 1.82) is 0 Å². The molecule has 0 saturated carbocycles. The fourth-order valence-electron chi connectivity index (χ4n) is 0.793. The minimum atomic E-state index is -1.40. The molecule has 1 unspecified atom stereocenters. The highest BCUT2D eigenvalue weighted by Gasteiger charge is 2.04. The molecule has 0 aromatic carbocycles. The predicted octanol–water partition coefficient (Wildman–Crippen LogP) is 1.89. The monoisotopic (exact) mass is 178 g/mol. The Balaban J connectivity index is 2.85. The van der Waals surface area contributed by atoms with Gasteiger partial charge in [0.15, 0.2) is 6.66 Å². The summed E-state index contributed by atoms with van der Waals surface area (Å²) in [4.78, 5) is 0. The standard InChI is InChI=1S/C7H17NO2P/c1-11(9)10-7-5-3-2-4-6-8/h2-8H2,1H3/q+1. The zero-order valence-corrected chi connectivity index (χ0v) is 7.98. The first kappa shape index (κ1) is 11.0. The van der Waals surface area contributed by atoms with Crippen molar-refractivity contribution in [2.75, 3.05) is 19.8 Å². The Bertz CT molecular complexity index is 109. The molecular weight excluding hydrogens is 161 g/mol. The quantitative estimate of drug-likeness (QED) is 0.478. The molecule has 0 saturated heterocycles. The van der Waals surface area contributed by atoms with Gasteiger partial charge in [0.25, 0.3) is 0 Å². The molecule has 0 aromatic heterocycles. The van der Waals surface area contributed by atoms with Crippen LogP contribution in [0.3, 0.4) is 0 Å². The smallest absolute Gasteiger partial charge is 0.330 e. The number of hydrogen-bond acceptors (Lipinski definition) is 3. The van der Waals surface area contributed by atoms with Crippen LogP contribution in [0.4, 0.5) is 0 Å². The van der Waals surface area contributed by atoms with Gasteiger partial charge >= 0.3 is 8.03 Å². The summed E-state index contributed by atoms with van der Waals surface area (Å²) in [5.41, 5.74) is 5.31. The molecule has 4 heteroatoms. The van der Waals surface area contributed by atoms with Crippen molar-refractivity contribution >= 4 is 8.03 Å². The number of nitrogens with two attached hydrogens (primary N) is 1. The van der Waals surface area contributed by atoms with Crippen molar-refractivity contribution in [3.63, 3.8) is 0 Å². The van der Waals surface area contributed by atoms with Gasteiger partial charge in [-0.05, 0) is 24.0 Å². The molecular formula is C7H17NO2P+. The van der Waals surface area contributed by atoms with E-state index in [0.717, 1.165) is 32.2 Å². The SMILES string of the molecule is C[P+](=O)OCCCCCCN. The summed E-state index contributed by atoms with van der Waals surface area (Å²) in [7, 11) is -1.40. The van der Waals surface area contributed by atoms with E-state index in [1.807, 2.05) is 0 Å². The van der Waals surface area contributed by atoms with Crippen LogP contribution in [0.1, 0.15) is 25.7 Å². The van der Waals surface area contributed by atoms with Gasteiger partial charge in [0.2, 0.25) is 0 Å². The Morgan fingerprint density at radius 3 is 2.45 bits per heavy atom. The normalized spacial score (nSPS) is 11.6. The Morgan fingerprint density at radius 2 is 1.91 bits per heavy atom. The van der Waals surface area contributed by atoms with Crippen LogP contribution in [-0.2, 0) is 9.09 Å². The second-order valence-corrected chi connectivity index (χ2v) is 3.61. The van der Waals surface area contributed by atoms with Crippen molar-refractivity contribution in [2.24, 2.45) is 5.73 Å². The zero-order valence-electron chi connectivity index (χ0n) is 7.08. The third-order valence-corrected chi connectivity index (χ3v) is 1.92. The molecule has 0 aliphatic carbocycles. The van der Waals surface area contributed by atoms with Crippen LogP contribution in [0.25, 0.3) is 0 Å². The maximum absolute atomic E-state index is 10.4. The Hall–Kier alpha value is 0.0200. The largest absolute Gasteiger partial charge is 0.504 e. The summed E-state index contributed by atoms with van der Waals surface area (Å²) < 4.78 is 15.3. The number of rotatable bonds is 7. The maximum Gasteiger partial charge on any atom is 0.504 e. The predicted molar refractivity (Wildman–Crippen MR) is 47.0 cm³/mol. The van der Waals surface area contributed by atoms with E-state index < -0.39 is 8.03 Å². The first-order valence-corrected chi connectivity index (χ1v) is 5.63. The van der Waals surface area contributed by atoms with Crippen LogP contribution < -0.4 is 5.73 Å². The van der Waals surface area contributed by atoms with Crippen LogP contribution in [0.15, 0.2) is 0 Å². The van der Waals surface area contributed by atoms with Crippen LogP contribution in [0.2, 0.25) is 0 Å². The second kappa shape index (κ2) is 8.12. The minimum absolute atomic E-state index is 0.621. The van der Waals surface area contributed by atoms with Gasteiger partial charge in [-0.15, -0.1) is 4.52 Å². The summed E-state index contributed by atoms with van der Waals surface area (Å²) in [6.07, 6.45) is 4.36. The lowest BCUT2D eigenvalue weighted by Crippen LogP contribution is -1.98. The van der Waals surface area contributed by atoms with Crippen molar-refractivity contribution in [3.05, 3.63) is 0 Å². The van der Waals surface area contributed by atoms with E-state index in [4.69, 9.17) is 10.3 Å². The molecule has 0 radical (unpaired) electrons. The van der Waals surface area contributed by atoms with Crippen LogP contribution in [0, 0.1) is 0 Å². The highest BCUT2D eigenvalue weighted by Crippen LogP contribution is 2.15. The fourth-order valence-corrected chi connectivity index (χ4v) is 1.18. The van der Waals surface area contributed by atoms with Gasteiger partial charge in [-0.2, -0.15) is 0 Å². The van der Waals surface area contributed by atoms with Crippen molar-refractivity contribution in [3.8, 4) is 0 Å². The third kappa shape index (κ3) is 10.0. The van der Waals surface area contributed by atoms with E-state index >= 15 is 0 Å². The molecule has 0 bridgehead atoms. The molecule has 0 rings (SSSR count). The molecule has 0 amide bonds. The fraction of sp³-hybridized carbons (Fsp3) is 1.00. The van der Waals surface area contributed by atoms with Gasteiger partial charge in [0.05, 0.1) is 0 Å². The molecule has 2 N–H and O–H groups in total. The lowest BCUT2D eigenvalue weighted by molar-refractivity contribution is 0.319. The summed E-state index contributed by atoms with van der Waals surface area (Å²) in [5, 5.41) is 0. The van der Waals surface area contributed by atoms with Crippen LogP contribution in [-0.4, -0.2) is 19.8 Å². The molecule has 1 atom stereocenters. The van der Waals surface area contributed by atoms with Gasteiger partial charge in [-0.25, -0.2) is 0 Å². The third-order valence-electron chi connectivity index (χ3n) is 1.37. The molecule has 0 aliphatic heterocycles. The summed E-state index contributed by atoms with van der Waals surface area (Å²) in [6, 6.07) is 0. The molecule has 0 aromatic rings. The Kier molecular flexibility index (Phi) is 8.13. The molecule has 0 spiro atoms. The summed E-state index contributed by atoms with van der Waals surface area (Å²) >= 11 is 0. The first-order chi connectivity index (χ1) is 5.27. The van der Waals surface area contributed by atoms with Gasteiger partial charge in [0, 0.05) is 0 Å². The van der Waals surface area contributed by atoms with E-state index in [2.05, 4.69) is 0 Å². The topological polar surface area (TPSA) is 52.3 Å². The average molecular weight is 178 g/mol. The van der Waals surface area contributed by atoms with Gasteiger partial charge in [-0.1, -0.05) is 12.8 Å². The number of unbranched alkanes of at least 4 members (excludes halogenated alkanes) is 3. The molecule has 66 valence electrons. The van der Waals surface area contributed by atoms with Crippen molar-refractivity contribution in [1.82, 2.24) is 0 Å². The van der Waals surface area contributed by atoms with Crippen LogP contribution >= 0.6 is 8.03 Å². The Labute approximate surface area is 69.2 Å². The lowest BCUT2D eigenvalue weighted by atomic mass is 10.2. The zero-order chi connectivity index (χ0) is 8.53. The van der Waals surface area contributed by atoms with E-state index in [0.29, 0.717) is 6.61 Å². The first-order valence-electron chi connectivity index (χ1n) is 4.01. The maximum atomic E-state index is 10.4.